The standard InChI is InChI=1S/C15H17ClN2O2/c1-3-5-13-14(16)17-10-18-15(13)20-9-11-6-4-7-12(8-11)19-2/h4,6-8,10H,3,5,9H2,1-2H3. The second kappa shape index (κ2) is 7.10. The van der Waals surface area contributed by atoms with Gasteiger partial charge in [0.2, 0.25) is 5.88 Å². The van der Waals surface area contributed by atoms with Crippen molar-refractivity contribution in [2.75, 3.05) is 7.11 Å². The maximum Gasteiger partial charge on any atom is 0.221 e. The minimum Gasteiger partial charge on any atom is -0.497 e. The van der Waals surface area contributed by atoms with Crippen molar-refractivity contribution in [2.45, 2.75) is 26.4 Å². The van der Waals surface area contributed by atoms with E-state index in [-0.39, 0.29) is 0 Å². The summed E-state index contributed by atoms with van der Waals surface area (Å²) in [6, 6.07) is 7.73. The van der Waals surface area contributed by atoms with Crippen LogP contribution in [-0.2, 0) is 13.0 Å². The summed E-state index contributed by atoms with van der Waals surface area (Å²) in [6.45, 7) is 2.50. The lowest BCUT2D eigenvalue weighted by atomic mass is 10.2. The molecule has 1 aromatic carbocycles. The summed E-state index contributed by atoms with van der Waals surface area (Å²) in [5, 5.41) is 0.461. The fourth-order valence-electron chi connectivity index (χ4n) is 1.87. The average molecular weight is 293 g/mol. The van der Waals surface area contributed by atoms with E-state index in [9.17, 15) is 0 Å². The van der Waals surface area contributed by atoms with Crippen LogP contribution in [0.2, 0.25) is 5.15 Å². The Balaban J connectivity index is 2.12. The fraction of sp³-hybridized carbons (Fsp3) is 0.333. The summed E-state index contributed by atoms with van der Waals surface area (Å²) in [4.78, 5) is 8.16. The van der Waals surface area contributed by atoms with Gasteiger partial charge in [-0.15, -0.1) is 0 Å². The van der Waals surface area contributed by atoms with E-state index in [0.29, 0.717) is 17.6 Å². The van der Waals surface area contributed by atoms with Gasteiger partial charge in [0.15, 0.2) is 0 Å². The number of hydrogen-bond donors (Lipinski definition) is 0. The minimum absolute atomic E-state index is 0.418. The number of aromatic nitrogens is 2. The fourth-order valence-corrected chi connectivity index (χ4v) is 2.09. The summed E-state index contributed by atoms with van der Waals surface area (Å²) in [6.07, 6.45) is 3.18. The van der Waals surface area contributed by atoms with Crippen molar-refractivity contribution in [3.05, 3.63) is 46.9 Å². The summed E-state index contributed by atoms with van der Waals surface area (Å²) >= 11 is 6.09. The Morgan fingerprint density at radius 3 is 2.85 bits per heavy atom. The van der Waals surface area contributed by atoms with Crippen LogP contribution >= 0.6 is 11.6 Å². The summed E-state index contributed by atoms with van der Waals surface area (Å²) in [5.41, 5.74) is 1.88. The van der Waals surface area contributed by atoms with Gasteiger partial charge in [0.05, 0.1) is 12.7 Å². The highest BCUT2D eigenvalue weighted by molar-refractivity contribution is 6.30. The van der Waals surface area contributed by atoms with E-state index in [2.05, 4.69) is 16.9 Å². The quantitative estimate of drug-likeness (QED) is 0.762. The SMILES string of the molecule is CCCc1c(Cl)ncnc1OCc1cccc(OC)c1. The Kier molecular flexibility index (Phi) is 5.18. The first kappa shape index (κ1) is 14.6. The second-order valence-electron chi connectivity index (χ2n) is 4.34. The Morgan fingerprint density at radius 2 is 2.10 bits per heavy atom. The molecule has 2 aromatic rings. The van der Waals surface area contributed by atoms with Crippen molar-refractivity contribution in [3.63, 3.8) is 0 Å². The third-order valence-corrected chi connectivity index (χ3v) is 3.19. The Bertz CT molecular complexity index is 576. The normalized spacial score (nSPS) is 10.3. The van der Waals surface area contributed by atoms with Crippen molar-refractivity contribution in [1.82, 2.24) is 9.97 Å². The monoisotopic (exact) mass is 292 g/mol. The average Bonchev–Trinajstić information content (AvgIpc) is 2.48. The molecule has 0 unspecified atom stereocenters. The first-order chi connectivity index (χ1) is 9.74. The molecule has 0 radical (unpaired) electrons. The molecule has 0 atom stereocenters. The molecule has 1 heterocycles. The zero-order valence-corrected chi connectivity index (χ0v) is 12.4. The van der Waals surface area contributed by atoms with Crippen LogP contribution in [0.3, 0.4) is 0 Å². The van der Waals surface area contributed by atoms with E-state index in [4.69, 9.17) is 21.1 Å². The van der Waals surface area contributed by atoms with Crippen LogP contribution in [0.5, 0.6) is 11.6 Å². The molecule has 0 N–H and O–H groups in total. The molecular formula is C15H17ClN2O2. The molecule has 0 saturated heterocycles. The van der Waals surface area contributed by atoms with Gasteiger partial charge in [-0.25, -0.2) is 9.97 Å². The van der Waals surface area contributed by atoms with E-state index >= 15 is 0 Å². The molecule has 0 saturated carbocycles. The topological polar surface area (TPSA) is 44.2 Å². The molecule has 1 aromatic heterocycles. The van der Waals surface area contributed by atoms with E-state index in [1.165, 1.54) is 6.33 Å². The van der Waals surface area contributed by atoms with Gasteiger partial charge in [0.25, 0.3) is 0 Å². The molecule has 0 amide bonds. The molecular weight excluding hydrogens is 276 g/mol. The van der Waals surface area contributed by atoms with Gasteiger partial charge in [-0.3, -0.25) is 0 Å². The number of halogens is 1. The van der Waals surface area contributed by atoms with Crippen LogP contribution in [-0.4, -0.2) is 17.1 Å². The molecule has 2 rings (SSSR count). The summed E-state index contributed by atoms with van der Waals surface area (Å²) in [7, 11) is 1.64. The minimum atomic E-state index is 0.418. The highest BCUT2D eigenvalue weighted by atomic mass is 35.5. The second-order valence-corrected chi connectivity index (χ2v) is 4.70. The van der Waals surface area contributed by atoms with Crippen molar-refractivity contribution >= 4 is 11.6 Å². The van der Waals surface area contributed by atoms with Crippen LogP contribution in [0, 0.1) is 0 Å². The lowest BCUT2D eigenvalue weighted by Crippen LogP contribution is -2.02. The maximum atomic E-state index is 6.09. The summed E-state index contributed by atoms with van der Waals surface area (Å²) < 4.78 is 11.0. The molecule has 0 fully saturated rings. The predicted octanol–water partition coefficient (Wildman–Crippen LogP) is 3.67. The maximum absolute atomic E-state index is 6.09. The first-order valence-electron chi connectivity index (χ1n) is 6.49. The molecule has 0 aliphatic heterocycles. The van der Waals surface area contributed by atoms with Gasteiger partial charge in [-0.2, -0.15) is 0 Å². The van der Waals surface area contributed by atoms with E-state index in [0.717, 1.165) is 29.7 Å². The molecule has 0 aliphatic carbocycles. The number of methoxy groups -OCH3 is 1. The third-order valence-electron chi connectivity index (χ3n) is 2.86. The number of ether oxygens (including phenoxy) is 2. The zero-order valence-electron chi connectivity index (χ0n) is 11.6. The van der Waals surface area contributed by atoms with E-state index in [1.807, 2.05) is 24.3 Å². The molecule has 5 heteroatoms. The van der Waals surface area contributed by atoms with Crippen LogP contribution in [0.15, 0.2) is 30.6 Å². The largest absolute Gasteiger partial charge is 0.497 e. The smallest absolute Gasteiger partial charge is 0.221 e. The lowest BCUT2D eigenvalue weighted by Gasteiger charge is -2.11. The van der Waals surface area contributed by atoms with Crippen molar-refractivity contribution < 1.29 is 9.47 Å². The summed E-state index contributed by atoms with van der Waals surface area (Å²) in [5.74, 6) is 1.36. The Morgan fingerprint density at radius 1 is 1.25 bits per heavy atom. The zero-order chi connectivity index (χ0) is 14.4. The predicted molar refractivity (Wildman–Crippen MR) is 78.4 cm³/mol. The number of hydrogen-bond acceptors (Lipinski definition) is 4. The lowest BCUT2D eigenvalue weighted by molar-refractivity contribution is 0.288. The van der Waals surface area contributed by atoms with Crippen LogP contribution in [0.1, 0.15) is 24.5 Å². The van der Waals surface area contributed by atoms with Crippen molar-refractivity contribution in [2.24, 2.45) is 0 Å². The number of benzene rings is 1. The van der Waals surface area contributed by atoms with Gasteiger partial charge >= 0.3 is 0 Å². The molecule has 0 bridgehead atoms. The Labute approximate surface area is 123 Å². The van der Waals surface area contributed by atoms with Crippen LogP contribution < -0.4 is 9.47 Å². The highest BCUT2D eigenvalue weighted by Crippen LogP contribution is 2.24. The number of rotatable bonds is 6. The van der Waals surface area contributed by atoms with E-state index in [1.54, 1.807) is 7.11 Å². The molecule has 106 valence electrons. The first-order valence-corrected chi connectivity index (χ1v) is 6.87. The molecule has 0 spiro atoms. The van der Waals surface area contributed by atoms with Gasteiger partial charge < -0.3 is 9.47 Å². The van der Waals surface area contributed by atoms with Gasteiger partial charge in [0.1, 0.15) is 23.8 Å². The van der Waals surface area contributed by atoms with Gasteiger partial charge in [-0.05, 0) is 24.1 Å². The van der Waals surface area contributed by atoms with Gasteiger partial charge in [-0.1, -0.05) is 37.1 Å². The highest BCUT2D eigenvalue weighted by Gasteiger charge is 2.10. The van der Waals surface area contributed by atoms with Crippen molar-refractivity contribution in [3.8, 4) is 11.6 Å². The molecule has 4 nitrogen and oxygen atoms in total. The van der Waals surface area contributed by atoms with E-state index < -0.39 is 0 Å². The molecule has 0 aliphatic rings. The third kappa shape index (κ3) is 3.61. The van der Waals surface area contributed by atoms with Crippen molar-refractivity contribution in [1.29, 1.82) is 0 Å². The Hall–Kier alpha value is -1.81. The number of nitrogens with zero attached hydrogens (tertiary/aromatic N) is 2. The van der Waals surface area contributed by atoms with Crippen LogP contribution in [0.4, 0.5) is 0 Å². The molecule has 20 heavy (non-hydrogen) atoms. The van der Waals surface area contributed by atoms with Gasteiger partial charge in [0, 0.05) is 0 Å². The van der Waals surface area contributed by atoms with Crippen LogP contribution in [0.25, 0.3) is 0 Å².